The van der Waals surface area contributed by atoms with Crippen LogP contribution in [-0.4, -0.2) is 43.9 Å². The summed E-state index contributed by atoms with van der Waals surface area (Å²) in [5, 5.41) is 2.82. The number of rotatable bonds is 8. The van der Waals surface area contributed by atoms with Crippen molar-refractivity contribution in [2.45, 2.75) is 12.8 Å². The van der Waals surface area contributed by atoms with Crippen LogP contribution in [0.15, 0.2) is 30.8 Å². The average molecular weight is 394 g/mol. The second-order valence-corrected chi connectivity index (χ2v) is 6.74. The summed E-state index contributed by atoms with van der Waals surface area (Å²) in [6.45, 7) is 4.30. The molecule has 1 saturated carbocycles. The maximum atomic E-state index is 12.4. The van der Waals surface area contributed by atoms with Gasteiger partial charge in [-0.15, -0.1) is 0 Å². The highest BCUT2D eigenvalue weighted by atomic mass is 16.5. The number of carbonyl (C=O) groups excluding carboxylic acids is 3. The Morgan fingerprint density at radius 3 is 2.55 bits per heavy atom. The Bertz CT molecular complexity index is 979. The molecule has 1 aromatic heterocycles. The van der Waals surface area contributed by atoms with Crippen LogP contribution < -0.4 is 10.1 Å². The Kier molecular flexibility index (Phi) is 6.07. The zero-order valence-corrected chi connectivity index (χ0v) is 16.4. The van der Waals surface area contributed by atoms with E-state index >= 15 is 0 Å². The van der Waals surface area contributed by atoms with Gasteiger partial charge < -0.3 is 14.8 Å². The molecule has 1 amide bonds. The molecular weight excluding hydrogens is 372 g/mol. The first kappa shape index (κ1) is 20.3. The van der Waals surface area contributed by atoms with E-state index in [-0.39, 0.29) is 17.3 Å². The molecule has 3 rings (SSSR count). The van der Waals surface area contributed by atoms with Crippen LogP contribution >= 0.6 is 0 Å². The summed E-state index contributed by atoms with van der Waals surface area (Å²) in [7, 11) is 2.73. The van der Waals surface area contributed by atoms with Crippen molar-refractivity contribution in [1.82, 2.24) is 10.3 Å². The number of benzene rings is 1. The molecule has 0 bridgehead atoms. The Balaban J connectivity index is 2.08. The van der Waals surface area contributed by atoms with E-state index in [9.17, 15) is 14.4 Å². The quantitative estimate of drug-likeness (QED) is 0.546. The normalized spacial score (nSPS) is 12.8. The molecular formula is C22H22N2O5. The average Bonchev–Trinajstić information content (AvgIpc) is 3.60. The Morgan fingerprint density at radius 2 is 1.97 bits per heavy atom. The topological polar surface area (TPSA) is 94.6 Å². The van der Waals surface area contributed by atoms with Crippen LogP contribution in [0.1, 0.15) is 49.7 Å². The van der Waals surface area contributed by atoms with Crippen molar-refractivity contribution in [3.63, 3.8) is 0 Å². The number of pyridine rings is 1. The zero-order chi connectivity index (χ0) is 21.0. The van der Waals surface area contributed by atoms with E-state index in [1.807, 2.05) is 0 Å². The molecule has 1 aliphatic carbocycles. The van der Waals surface area contributed by atoms with Crippen LogP contribution in [0.2, 0.25) is 0 Å². The monoisotopic (exact) mass is 394 g/mol. The first-order valence-corrected chi connectivity index (χ1v) is 9.20. The molecule has 0 spiro atoms. The van der Waals surface area contributed by atoms with Crippen molar-refractivity contribution < 1.29 is 23.9 Å². The number of hydrogen-bond donors (Lipinski definition) is 1. The highest BCUT2D eigenvalue weighted by Gasteiger charge is 2.24. The second-order valence-electron chi connectivity index (χ2n) is 6.74. The first-order valence-electron chi connectivity index (χ1n) is 9.20. The third-order valence-corrected chi connectivity index (χ3v) is 4.79. The van der Waals surface area contributed by atoms with Crippen molar-refractivity contribution in [3.05, 3.63) is 53.4 Å². The van der Waals surface area contributed by atoms with Crippen LogP contribution in [0.5, 0.6) is 5.75 Å². The van der Waals surface area contributed by atoms with Gasteiger partial charge in [-0.05, 0) is 48.6 Å². The molecule has 0 atom stereocenters. The van der Waals surface area contributed by atoms with Crippen LogP contribution in [-0.2, 0) is 4.74 Å². The van der Waals surface area contributed by atoms with Crippen LogP contribution in [0, 0.1) is 5.92 Å². The molecule has 7 nitrogen and oxygen atoms in total. The van der Waals surface area contributed by atoms with Crippen LogP contribution in [0.4, 0.5) is 0 Å². The maximum absolute atomic E-state index is 12.4. The predicted octanol–water partition coefficient (Wildman–Crippen LogP) is 3.14. The summed E-state index contributed by atoms with van der Waals surface area (Å²) >= 11 is 0. The van der Waals surface area contributed by atoms with Gasteiger partial charge in [0.25, 0.3) is 5.91 Å². The number of nitrogens with one attached hydrogen (secondary N) is 1. The largest absolute Gasteiger partial charge is 0.496 e. The van der Waals surface area contributed by atoms with Crippen molar-refractivity contribution in [1.29, 1.82) is 0 Å². The van der Waals surface area contributed by atoms with Gasteiger partial charge in [0.15, 0.2) is 12.0 Å². The number of ether oxygens (including phenoxy) is 2. The third kappa shape index (κ3) is 4.34. The van der Waals surface area contributed by atoms with Gasteiger partial charge in [0.2, 0.25) is 0 Å². The molecule has 7 heteroatoms. The lowest BCUT2D eigenvalue weighted by atomic mass is 9.95. The van der Waals surface area contributed by atoms with E-state index in [1.165, 1.54) is 20.3 Å². The van der Waals surface area contributed by atoms with Crippen molar-refractivity contribution in [2.24, 2.45) is 5.92 Å². The third-order valence-electron chi connectivity index (χ3n) is 4.79. The summed E-state index contributed by atoms with van der Waals surface area (Å²) in [6, 6.07) is 6.36. The number of methoxy groups -OCH3 is 2. The van der Waals surface area contributed by atoms with E-state index in [1.54, 1.807) is 24.3 Å². The van der Waals surface area contributed by atoms with Gasteiger partial charge >= 0.3 is 5.97 Å². The standard InChI is InChI=1S/C22H22N2O5/c1-4-14-9-15(12-25)17(10-19(14)28-2)16-7-8-18(24-20(16)22(27)29-3)21(26)23-11-13-5-6-13/h4,7-10,12-13H,1,5-6,11H2,2-3H3,(H,23,26). The molecule has 1 aromatic carbocycles. The van der Waals surface area contributed by atoms with Crippen molar-refractivity contribution in [3.8, 4) is 16.9 Å². The van der Waals surface area contributed by atoms with E-state index in [0.29, 0.717) is 46.8 Å². The van der Waals surface area contributed by atoms with Crippen LogP contribution in [0.25, 0.3) is 17.2 Å². The minimum Gasteiger partial charge on any atom is -0.496 e. The molecule has 29 heavy (non-hydrogen) atoms. The van der Waals surface area contributed by atoms with Crippen LogP contribution in [0.3, 0.4) is 0 Å². The van der Waals surface area contributed by atoms with Gasteiger partial charge in [0.1, 0.15) is 11.4 Å². The van der Waals surface area contributed by atoms with Gasteiger partial charge in [-0.25, -0.2) is 9.78 Å². The maximum Gasteiger partial charge on any atom is 0.357 e. The minimum absolute atomic E-state index is 0.0527. The number of carbonyl (C=O) groups is 3. The van der Waals surface area contributed by atoms with Crippen molar-refractivity contribution in [2.75, 3.05) is 20.8 Å². The molecule has 1 N–H and O–H groups in total. The lowest BCUT2D eigenvalue weighted by molar-refractivity contribution is 0.0594. The summed E-state index contributed by atoms with van der Waals surface area (Å²) in [5.74, 6) is -0.0591. The summed E-state index contributed by atoms with van der Waals surface area (Å²) in [4.78, 5) is 40.7. The van der Waals surface area contributed by atoms with Gasteiger partial charge in [-0.2, -0.15) is 0 Å². The van der Waals surface area contributed by atoms with E-state index in [0.717, 1.165) is 12.8 Å². The number of nitrogens with zero attached hydrogens (tertiary/aromatic N) is 1. The molecule has 1 aliphatic rings. The lowest BCUT2D eigenvalue weighted by Gasteiger charge is -2.14. The van der Waals surface area contributed by atoms with Gasteiger partial charge in [-0.3, -0.25) is 9.59 Å². The SMILES string of the molecule is C=Cc1cc(C=O)c(-c2ccc(C(=O)NCC3CC3)nc2C(=O)OC)cc1OC. The summed E-state index contributed by atoms with van der Waals surface area (Å²) < 4.78 is 10.2. The molecule has 0 unspecified atom stereocenters. The molecule has 0 saturated heterocycles. The fourth-order valence-electron chi connectivity index (χ4n) is 2.99. The molecule has 150 valence electrons. The highest BCUT2D eigenvalue weighted by Crippen LogP contribution is 2.33. The molecule has 0 aliphatic heterocycles. The fourth-order valence-corrected chi connectivity index (χ4v) is 2.99. The number of esters is 1. The lowest BCUT2D eigenvalue weighted by Crippen LogP contribution is -2.27. The predicted molar refractivity (Wildman–Crippen MR) is 108 cm³/mol. The van der Waals surface area contributed by atoms with Gasteiger partial charge in [-0.1, -0.05) is 12.7 Å². The van der Waals surface area contributed by atoms with Gasteiger partial charge in [0, 0.05) is 23.2 Å². The Labute approximate surface area is 168 Å². The Morgan fingerprint density at radius 1 is 1.21 bits per heavy atom. The zero-order valence-electron chi connectivity index (χ0n) is 16.4. The summed E-state index contributed by atoms with van der Waals surface area (Å²) in [6.07, 6.45) is 4.47. The molecule has 1 fully saturated rings. The first-order chi connectivity index (χ1) is 14.0. The Hall–Kier alpha value is -3.48. The van der Waals surface area contributed by atoms with E-state index in [2.05, 4.69) is 16.9 Å². The summed E-state index contributed by atoms with van der Waals surface area (Å²) in [5.41, 5.74) is 1.84. The smallest absolute Gasteiger partial charge is 0.357 e. The van der Waals surface area contributed by atoms with E-state index in [4.69, 9.17) is 9.47 Å². The van der Waals surface area contributed by atoms with Gasteiger partial charge in [0.05, 0.1) is 14.2 Å². The molecule has 1 heterocycles. The molecule has 0 radical (unpaired) electrons. The number of hydrogen-bond acceptors (Lipinski definition) is 6. The number of aromatic nitrogens is 1. The molecule has 2 aromatic rings. The number of aldehydes is 1. The van der Waals surface area contributed by atoms with Crippen molar-refractivity contribution >= 4 is 24.2 Å². The van der Waals surface area contributed by atoms with E-state index < -0.39 is 5.97 Å². The second kappa shape index (κ2) is 8.68. The highest BCUT2D eigenvalue weighted by molar-refractivity contribution is 6.01. The fraction of sp³-hybridized carbons (Fsp3) is 0.273. The number of amides is 1. The minimum atomic E-state index is -0.708.